The van der Waals surface area contributed by atoms with E-state index < -0.39 is 6.04 Å². The van der Waals surface area contributed by atoms with Crippen LogP contribution in [0.25, 0.3) is 10.9 Å². The first-order valence-electron chi connectivity index (χ1n) is 15.3. The molecule has 13 nitrogen and oxygen atoms in total. The Labute approximate surface area is 285 Å². The standard InChI is InChI=1S/C33H34N6O7S2/c1-44-26-17-22-23(18-27(26)45-2)34-33(38-13-11-37(12-14-38)31(42)25-9-6-15-46-25)36-29(22)35-30(41)24-19-47-20-39(24)28(40)10-16-48-32(43)21-7-4-3-5-8-21/h3-9,15,17-18,24H,10-14,16,19-20H2,1-2H3,(H,34,35,36,41). The molecule has 2 aromatic heterocycles. The molecule has 1 atom stereocenters. The molecule has 2 aliphatic heterocycles. The van der Waals surface area contributed by atoms with Crippen LogP contribution in [0.15, 0.2) is 65.3 Å². The summed E-state index contributed by atoms with van der Waals surface area (Å²) >= 11 is 2.58. The molecule has 0 aliphatic carbocycles. The van der Waals surface area contributed by atoms with E-state index >= 15 is 0 Å². The SMILES string of the molecule is COc1cc2nc(N3CCN(C(=O)c4ccco4)CC3)nc(NC(=O)C3CSCN3C(=O)CCSC(=O)c3ccccc3)c2cc1OC. The molecule has 0 radical (unpaired) electrons. The van der Waals surface area contributed by atoms with Crippen LogP contribution in [0.3, 0.4) is 0 Å². The number of fused-ring (bicyclic) bond motifs is 1. The third-order valence-corrected chi connectivity index (χ3v) is 9.99. The van der Waals surface area contributed by atoms with Crippen molar-refractivity contribution in [1.29, 1.82) is 0 Å². The van der Waals surface area contributed by atoms with Gasteiger partial charge in [-0.05, 0) is 18.2 Å². The van der Waals surface area contributed by atoms with Crippen molar-refractivity contribution in [3.05, 3.63) is 72.2 Å². The Hall–Kier alpha value is -4.76. The van der Waals surface area contributed by atoms with Gasteiger partial charge in [-0.25, -0.2) is 4.98 Å². The Morgan fingerprint density at radius 3 is 2.44 bits per heavy atom. The molecule has 250 valence electrons. The summed E-state index contributed by atoms with van der Waals surface area (Å²) in [5.74, 6) is 2.18. The number of benzene rings is 2. The molecule has 48 heavy (non-hydrogen) atoms. The van der Waals surface area contributed by atoms with Crippen molar-refractivity contribution in [3.63, 3.8) is 0 Å². The molecule has 3 amide bonds. The summed E-state index contributed by atoms with van der Waals surface area (Å²) in [6, 6.07) is 15.0. The van der Waals surface area contributed by atoms with E-state index in [0.29, 0.717) is 77.5 Å². The highest BCUT2D eigenvalue weighted by atomic mass is 32.2. The average molecular weight is 691 g/mol. The highest BCUT2D eigenvalue weighted by Crippen LogP contribution is 2.36. The van der Waals surface area contributed by atoms with Gasteiger partial charge in [-0.2, -0.15) is 4.98 Å². The second-order valence-corrected chi connectivity index (χ2v) is 13.0. The van der Waals surface area contributed by atoms with Gasteiger partial charge in [0.25, 0.3) is 5.91 Å². The number of thioether (sulfide) groups is 2. The third-order valence-electron chi connectivity index (χ3n) is 8.08. The number of aromatic nitrogens is 2. The van der Waals surface area contributed by atoms with Crippen LogP contribution in [0.4, 0.5) is 11.8 Å². The molecule has 4 heterocycles. The van der Waals surface area contributed by atoms with Crippen LogP contribution in [0.1, 0.15) is 27.3 Å². The van der Waals surface area contributed by atoms with Gasteiger partial charge in [-0.15, -0.1) is 11.8 Å². The largest absolute Gasteiger partial charge is 0.493 e. The van der Waals surface area contributed by atoms with E-state index in [2.05, 4.69) is 5.32 Å². The maximum Gasteiger partial charge on any atom is 0.289 e. The highest BCUT2D eigenvalue weighted by Gasteiger charge is 2.35. The number of nitrogens with one attached hydrogen (secondary N) is 1. The Morgan fingerprint density at radius 2 is 1.73 bits per heavy atom. The second-order valence-electron chi connectivity index (χ2n) is 11.0. The molecule has 4 aromatic rings. The number of carbonyl (C=O) groups excluding carboxylic acids is 4. The van der Waals surface area contributed by atoms with E-state index in [-0.39, 0.29) is 40.8 Å². The molecule has 0 spiro atoms. The molecule has 0 saturated carbocycles. The van der Waals surface area contributed by atoms with Crippen LogP contribution in [-0.4, -0.2) is 106 Å². The number of hydrogen-bond acceptors (Lipinski definition) is 12. The normalized spacial score (nSPS) is 16.2. The van der Waals surface area contributed by atoms with E-state index in [1.807, 2.05) is 11.0 Å². The van der Waals surface area contributed by atoms with Crippen molar-refractivity contribution in [2.24, 2.45) is 0 Å². The zero-order chi connectivity index (χ0) is 33.6. The number of amides is 3. The van der Waals surface area contributed by atoms with Gasteiger partial charge in [-0.3, -0.25) is 19.2 Å². The fourth-order valence-corrected chi connectivity index (χ4v) is 7.43. The van der Waals surface area contributed by atoms with Gasteiger partial charge < -0.3 is 33.9 Å². The van der Waals surface area contributed by atoms with Crippen LogP contribution >= 0.6 is 23.5 Å². The van der Waals surface area contributed by atoms with Crippen LogP contribution in [0.2, 0.25) is 0 Å². The Bertz CT molecular complexity index is 1800. The maximum absolute atomic E-state index is 13.8. The smallest absolute Gasteiger partial charge is 0.289 e. The van der Waals surface area contributed by atoms with Crippen molar-refractivity contribution in [2.45, 2.75) is 12.5 Å². The topological polar surface area (TPSA) is 147 Å². The maximum atomic E-state index is 13.8. The van der Waals surface area contributed by atoms with Crippen molar-refractivity contribution in [2.75, 3.05) is 68.0 Å². The lowest BCUT2D eigenvalue weighted by Crippen LogP contribution is -2.49. The molecule has 2 aromatic carbocycles. The predicted molar refractivity (Wildman–Crippen MR) is 184 cm³/mol. The minimum absolute atomic E-state index is 0.0995. The number of hydrogen-bond donors (Lipinski definition) is 1. The van der Waals surface area contributed by atoms with Gasteiger partial charge in [0.2, 0.25) is 22.9 Å². The number of anilines is 2. The van der Waals surface area contributed by atoms with Crippen LogP contribution in [0.5, 0.6) is 11.5 Å². The Balaban J connectivity index is 1.18. The molecular formula is C33H34N6O7S2. The number of furan rings is 1. The molecule has 2 aliphatic rings. The summed E-state index contributed by atoms with van der Waals surface area (Å²) in [6.45, 7) is 1.79. The summed E-state index contributed by atoms with van der Waals surface area (Å²) in [5.41, 5.74) is 1.11. The fourth-order valence-electron chi connectivity index (χ4n) is 5.48. The lowest BCUT2D eigenvalue weighted by molar-refractivity contribution is -0.135. The number of methoxy groups -OCH3 is 2. The first-order chi connectivity index (χ1) is 23.4. The summed E-state index contributed by atoms with van der Waals surface area (Å²) in [4.78, 5) is 67.0. The zero-order valence-corrected chi connectivity index (χ0v) is 28.1. The van der Waals surface area contributed by atoms with Gasteiger partial charge in [0.15, 0.2) is 17.3 Å². The quantitative estimate of drug-likeness (QED) is 0.257. The molecule has 6 rings (SSSR count). The number of rotatable bonds is 10. The van der Waals surface area contributed by atoms with Gasteiger partial charge >= 0.3 is 0 Å². The molecule has 1 N–H and O–H groups in total. The summed E-state index contributed by atoms with van der Waals surface area (Å²) in [5, 5.41) is 3.40. The van der Waals surface area contributed by atoms with Gasteiger partial charge in [0, 0.05) is 61.1 Å². The van der Waals surface area contributed by atoms with Crippen LogP contribution in [-0.2, 0) is 9.59 Å². The third kappa shape index (κ3) is 7.21. The van der Waals surface area contributed by atoms with Crippen molar-refractivity contribution in [3.8, 4) is 11.5 Å². The minimum atomic E-state index is -0.720. The molecule has 0 bridgehead atoms. The first-order valence-corrected chi connectivity index (χ1v) is 17.4. The Kier molecular flexibility index (Phi) is 10.3. The lowest BCUT2D eigenvalue weighted by atomic mass is 10.2. The number of piperazine rings is 1. The van der Waals surface area contributed by atoms with E-state index in [4.69, 9.17) is 23.9 Å². The average Bonchev–Trinajstić information content (AvgIpc) is 3.85. The van der Waals surface area contributed by atoms with E-state index in [1.54, 1.807) is 58.3 Å². The summed E-state index contributed by atoms with van der Waals surface area (Å²) < 4.78 is 16.3. The number of nitrogens with zero attached hydrogens (tertiary/aromatic N) is 5. The van der Waals surface area contributed by atoms with Crippen LogP contribution < -0.4 is 19.7 Å². The van der Waals surface area contributed by atoms with Crippen LogP contribution in [0, 0.1) is 0 Å². The van der Waals surface area contributed by atoms with E-state index in [0.717, 1.165) is 11.8 Å². The van der Waals surface area contributed by atoms with Crippen molar-refractivity contribution in [1.82, 2.24) is 19.8 Å². The molecule has 2 saturated heterocycles. The summed E-state index contributed by atoms with van der Waals surface area (Å²) in [7, 11) is 3.05. The van der Waals surface area contributed by atoms with E-state index in [9.17, 15) is 19.2 Å². The van der Waals surface area contributed by atoms with Gasteiger partial charge in [0.05, 0.1) is 31.9 Å². The monoisotopic (exact) mass is 690 g/mol. The lowest BCUT2D eigenvalue weighted by Gasteiger charge is -2.34. The summed E-state index contributed by atoms with van der Waals surface area (Å²) in [6.07, 6.45) is 1.60. The van der Waals surface area contributed by atoms with Crippen molar-refractivity contribution < 1.29 is 33.1 Å². The van der Waals surface area contributed by atoms with Gasteiger partial charge in [-0.1, -0.05) is 42.1 Å². The molecule has 1 unspecified atom stereocenters. The molecule has 2 fully saturated rings. The fraction of sp³-hybridized carbons (Fsp3) is 0.333. The Morgan fingerprint density at radius 1 is 0.979 bits per heavy atom. The first kappa shape index (κ1) is 33.2. The molecule has 15 heteroatoms. The zero-order valence-electron chi connectivity index (χ0n) is 26.4. The minimum Gasteiger partial charge on any atom is -0.493 e. The number of ether oxygens (including phenoxy) is 2. The molecular weight excluding hydrogens is 657 g/mol. The highest BCUT2D eigenvalue weighted by molar-refractivity contribution is 8.14. The number of carbonyl (C=O) groups is 4. The van der Waals surface area contributed by atoms with E-state index in [1.165, 1.54) is 32.2 Å². The predicted octanol–water partition coefficient (Wildman–Crippen LogP) is 4.01. The second kappa shape index (κ2) is 15.0. The van der Waals surface area contributed by atoms with Gasteiger partial charge in [0.1, 0.15) is 11.9 Å². The van der Waals surface area contributed by atoms with Crippen molar-refractivity contribution >= 4 is 69.0 Å².